The third-order valence-electron chi connectivity index (χ3n) is 1.38. The Morgan fingerprint density at radius 2 is 2.29 bits per heavy atom. The highest BCUT2D eigenvalue weighted by Gasteiger charge is 2.06. The second kappa shape index (κ2) is 4.93. The molecule has 14 heavy (non-hydrogen) atoms. The third-order valence-corrected chi connectivity index (χ3v) is 1.80. The molecular formula is C8H7Cl2NO3. The van der Waals surface area contributed by atoms with Gasteiger partial charge in [-0.3, -0.25) is 5.32 Å². The molecule has 1 amide bonds. The molecule has 0 spiro atoms. The Bertz CT molecular complexity index is 343. The van der Waals surface area contributed by atoms with Crippen molar-refractivity contribution in [3.8, 4) is 5.75 Å². The molecule has 0 bridgehead atoms. The summed E-state index contributed by atoms with van der Waals surface area (Å²) in [5, 5.41) is 11.6. The van der Waals surface area contributed by atoms with E-state index in [0.29, 0.717) is 5.69 Å². The Labute approximate surface area is 90.4 Å². The van der Waals surface area contributed by atoms with Gasteiger partial charge in [-0.25, -0.2) is 4.79 Å². The van der Waals surface area contributed by atoms with Crippen molar-refractivity contribution < 1.29 is 14.6 Å². The fraction of sp³-hybridized carbons (Fsp3) is 0.125. The van der Waals surface area contributed by atoms with Gasteiger partial charge in [0.2, 0.25) is 0 Å². The molecule has 76 valence electrons. The Kier molecular flexibility index (Phi) is 3.85. The minimum atomic E-state index is -0.701. The standard InChI is InChI=1S/C8H7Cl2NO3/c9-4-14-8(13)11-7-2-1-5(12)3-6(7)10/h1-3,12H,4H2,(H,11,13). The van der Waals surface area contributed by atoms with E-state index in [2.05, 4.69) is 10.1 Å². The number of hydrogen-bond donors (Lipinski definition) is 2. The van der Waals surface area contributed by atoms with Gasteiger partial charge in [-0.2, -0.15) is 0 Å². The van der Waals surface area contributed by atoms with Crippen LogP contribution in [0.25, 0.3) is 0 Å². The zero-order chi connectivity index (χ0) is 10.6. The number of ether oxygens (including phenoxy) is 1. The summed E-state index contributed by atoms with van der Waals surface area (Å²) in [6.45, 7) is 0. The van der Waals surface area contributed by atoms with Gasteiger partial charge in [-0.15, -0.1) is 0 Å². The number of halogens is 2. The molecule has 0 aliphatic heterocycles. The number of alkyl halides is 1. The van der Waals surface area contributed by atoms with Crippen LogP contribution in [0.4, 0.5) is 10.5 Å². The highest BCUT2D eigenvalue weighted by Crippen LogP contribution is 2.25. The fourth-order valence-electron chi connectivity index (χ4n) is 0.801. The summed E-state index contributed by atoms with van der Waals surface area (Å²) >= 11 is 10.9. The van der Waals surface area contributed by atoms with Crippen LogP contribution < -0.4 is 5.32 Å². The summed E-state index contributed by atoms with van der Waals surface area (Å²) in [5.41, 5.74) is 0.347. The molecule has 2 N–H and O–H groups in total. The van der Waals surface area contributed by atoms with Crippen molar-refractivity contribution in [1.82, 2.24) is 0 Å². The van der Waals surface area contributed by atoms with E-state index in [1.165, 1.54) is 18.2 Å². The number of phenolic OH excluding ortho intramolecular Hbond substituents is 1. The molecule has 6 heteroatoms. The minimum Gasteiger partial charge on any atom is -0.508 e. The molecule has 4 nitrogen and oxygen atoms in total. The first kappa shape index (κ1) is 10.9. The van der Waals surface area contributed by atoms with Crippen LogP contribution >= 0.6 is 23.2 Å². The van der Waals surface area contributed by atoms with E-state index in [1.54, 1.807) is 0 Å². The average Bonchev–Trinajstić information content (AvgIpc) is 2.10. The highest BCUT2D eigenvalue weighted by molar-refractivity contribution is 6.33. The van der Waals surface area contributed by atoms with Crippen molar-refractivity contribution in [2.24, 2.45) is 0 Å². The van der Waals surface area contributed by atoms with E-state index >= 15 is 0 Å². The molecule has 0 aliphatic rings. The minimum absolute atomic E-state index is 0.0197. The number of rotatable bonds is 2. The van der Waals surface area contributed by atoms with Crippen molar-refractivity contribution in [3.05, 3.63) is 23.2 Å². The van der Waals surface area contributed by atoms with Crippen LogP contribution in [0.3, 0.4) is 0 Å². The normalized spacial score (nSPS) is 9.57. The zero-order valence-corrected chi connectivity index (χ0v) is 8.47. The lowest BCUT2D eigenvalue weighted by atomic mass is 10.3. The smallest absolute Gasteiger partial charge is 0.412 e. The summed E-state index contributed by atoms with van der Waals surface area (Å²) in [6, 6.07) is 3.91. The number of hydrogen-bond acceptors (Lipinski definition) is 3. The molecule has 0 unspecified atom stereocenters. The van der Waals surface area contributed by atoms with Crippen molar-refractivity contribution in [1.29, 1.82) is 0 Å². The maximum atomic E-state index is 10.9. The summed E-state index contributed by atoms with van der Waals surface area (Å²) in [5.74, 6) is 0.0197. The van der Waals surface area contributed by atoms with Gasteiger partial charge in [0.25, 0.3) is 0 Å². The van der Waals surface area contributed by atoms with Gasteiger partial charge in [-0.05, 0) is 12.1 Å². The predicted octanol–water partition coefficient (Wildman–Crippen LogP) is 2.79. The lowest BCUT2D eigenvalue weighted by Gasteiger charge is -2.06. The van der Waals surface area contributed by atoms with Gasteiger partial charge in [0.15, 0.2) is 6.07 Å². The summed E-state index contributed by atoms with van der Waals surface area (Å²) < 4.78 is 4.43. The van der Waals surface area contributed by atoms with Gasteiger partial charge in [0.1, 0.15) is 5.75 Å². The summed E-state index contributed by atoms with van der Waals surface area (Å²) in [7, 11) is 0. The Balaban J connectivity index is 2.72. The molecule has 1 rings (SSSR count). The number of nitrogens with one attached hydrogen (secondary N) is 1. The van der Waals surface area contributed by atoms with Gasteiger partial charge in [0, 0.05) is 6.07 Å². The Morgan fingerprint density at radius 3 is 2.86 bits per heavy atom. The first-order valence-corrected chi connectivity index (χ1v) is 4.53. The van der Waals surface area contributed by atoms with Crippen LogP contribution in [0.5, 0.6) is 5.75 Å². The van der Waals surface area contributed by atoms with Crippen LogP contribution in [0.15, 0.2) is 18.2 Å². The van der Waals surface area contributed by atoms with Crippen LogP contribution in [-0.4, -0.2) is 17.3 Å². The monoisotopic (exact) mass is 235 g/mol. The number of carbonyl (C=O) groups excluding carboxylic acids is 1. The van der Waals surface area contributed by atoms with E-state index < -0.39 is 6.09 Å². The highest BCUT2D eigenvalue weighted by atomic mass is 35.5. The Morgan fingerprint density at radius 1 is 1.57 bits per heavy atom. The van der Waals surface area contributed by atoms with E-state index in [1.807, 2.05) is 0 Å². The summed E-state index contributed by atoms with van der Waals surface area (Å²) in [6.07, 6.45) is -0.701. The Hall–Kier alpha value is -1.13. The number of carbonyl (C=O) groups is 1. The molecule has 0 saturated carbocycles. The predicted molar refractivity (Wildman–Crippen MR) is 53.9 cm³/mol. The maximum absolute atomic E-state index is 10.9. The fourth-order valence-corrected chi connectivity index (χ4v) is 1.12. The first-order valence-electron chi connectivity index (χ1n) is 3.61. The van der Waals surface area contributed by atoms with Crippen LogP contribution in [0.1, 0.15) is 0 Å². The second-order valence-corrected chi connectivity index (χ2v) is 2.96. The largest absolute Gasteiger partial charge is 0.508 e. The second-order valence-electron chi connectivity index (χ2n) is 2.33. The third kappa shape index (κ3) is 2.97. The van der Waals surface area contributed by atoms with E-state index in [4.69, 9.17) is 28.3 Å². The molecule has 0 fully saturated rings. The van der Waals surface area contributed by atoms with Gasteiger partial charge in [-0.1, -0.05) is 23.2 Å². The quantitative estimate of drug-likeness (QED) is 0.613. The van der Waals surface area contributed by atoms with E-state index in [0.717, 1.165) is 0 Å². The molecular weight excluding hydrogens is 229 g/mol. The molecule has 0 saturated heterocycles. The number of aromatic hydroxyl groups is 1. The molecule has 0 heterocycles. The molecule has 1 aromatic carbocycles. The van der Waals surface area contributed by atoms with Crippen molar-refractivity contribution in [3.63, 3.8) is 0 Å². The number of amides is 1. The lowest BCUT2D eigenvalue weighted by molar-refractivity contribution is 0.180. The molecule has 0 atom stereocenters. The molecule has 0 aromatic heterocycles. The summed E-state index contributed by atoms with van der Waals surface area (Å²) in [4.78, 5) is 10.9. The molecule has 0 aliphatic carbocycles. The van der Waals surface area contributed by atoms with Gasteiger partial charge >= 0.3 is 6.09 Å². The van der Waals surface area contributed by atoms with Gasteiger partial charge < -0.3 is 9.84 Å². The van der Waals surface area contributed by atoms with Crippen molar-refractivity contribution in [2.45, 2.75) is 0 Å². The average molecular weight is 236 g/mol. The molecule has 1 aromatic rings. The van der Waals surface area contributed by atoms with E-state index in [9.17, 15) is 4.79 Å². The van der Waals surface area contributed by atoms with Gasteiger partial charge in [0.05, 0.1) is 10.7 Å². The van der Waals surface area contributed by atoms with Crippen molar-refractivity contribution >= 4 is 35.0 Å². The van der Waals surface area contributed by atoms with Crippen molar-refractivity contribution in [2.75, 3.05) is 11.4 Å². The number of benzene rings is 1. The topological polar surface area (TPSA) is 58.6 Å². The SMILES string of the molecule is O=C(Nc1ccc(O)cc1Cl)OCCl. The van der Waals surface area contributed by atoms with Crippen LogP contribution in [-0.2, 0) is 4.74 Å². The number of anilines is 1. The zero-order valence-electron chi connectivity index (χ0n) is 6.96. The van der Waals surface area contributed by atoms with Crippen LogP contribution in [0, 0.1) is 0 Å². The number of phenols is 1. The maximum Gasteiger partial charge on any atom is 0.412 e. The first-order chi connectivity index (χ1) is 6.63. The van der Waals surface area contributed by atoms with E-state index in [-0.39, 0.29) is 16.8 Å². The lowest BCUT2D eigenvalue weighted by Crippen LogP contribution is -2.12. The molecule has 0 radical (unpaired) electrons. The van der Waals surface area contributed by atoms with Crippen LogP contribution in [0.2, 0.25) is 5.02 Å².